The van der Waals surface area contributed by atoms with Crippen LogP contribution in [0, 0.1) is 0 Å². The Labute approximate surface area is 119 Å². The molecule has 2 rings (SSSR count). The Morgan fingerprint density at radius 2 is 2.05 bits per heavy atom. The topological polar surface area (TPSA) is 67.9 Å². The van der Waals surface area contributed by atoms with Crippen LogP contribution in [0.25, 0.3) is 0 Å². The average Bonchev–Trinajstić information content (AvgIpc) is 2.69. The van der Waals surface area contributed by atoms with Gasteiger partial charge in [-0.25, -0.2) is 4.79 Å². The molecule has 1 aliphatic rings. The van der Waals surface area contributed by atoms with Gasteiger partial charge in [0.25, 0.3) is 0 Å². The van der Waals surface area contributed by atoms with E-state index in [2.05, 4.69) is 4.99 Å². The van der Waals surface area contributed by atoms with Gasteiger partial charge in [0.05, 0.1) is 12.2 Å². The normalized spacial score (nSPS) is 19.0. The molecule has 0 saturated heterocycles. The summed E-state index contributed by atoms with van der Waals surface area (Å²) < 4.78 is 44.2. The molecule has 114 valence electrons. The van der Waals surface area contributed by atoms with Gasteiger partial charge in [-0.05, 0) is 11.6 Å². The van der Waals surface area contributed by atoms with Crippen LogP contribution in [0.3, 0.4) is 0 Å². The number of carbonyl (C=O) groups is 1. The zero-order valence-electron chi connectivity index (χ0n) is 11.2. The molecule has 0 saturated carbocycles. The number of alkyl halides is 3. The van der Waals surface area contributed by atoms with Gasteiger partial charge in [0.15, 0.2) is 0 Å². The van der Waals surface area contributed by atoms with E-state index in [0.29, 0.717) is 0 Å². The first-order valence-electron chi connectivity index (χ1n) is 6.16. The largest absolute Gasteiger partial charge is 0.416 e. The van der Waals surface area contributed by atoms with E-state index in [9.17, 15) is 18.0 Å². The van der Waals surface area contributed by atoms with Gasteiger partial charge in [-0.3, -0.25) is 0 Å². The van der Waals surface area contributed by atoms with Crippen LogP contribution in [0.15, 0.2) is 29.3 Å². The van der Waals surface area contributed by atoms with Gasteiger partial charge in [0, 0.05) is 13.7 Å². The molecule has 1 aromatic rings. The van der Waals surface area contributed by atoms with Crippen molar-refractivity contribution in [2.75, 3.05) is 20.3 Å². The highest BCUT2D eigenvalue weighted by Gasteiger charge is 2.41. The molecule has 0 bridgehead atoms. The van der Waals surface area contributed by atoms with Crippen molar-refractivity contribution in [3.05, 3.63) is 35.4 Å². The van der Waals surface area contributed by atoms with Gasteiger partial charge in [-0.2, -0.15) is 18.2 Å². The number of hydrogen-bond donors (Lipinski definition) is 1. The van der Waals surface area contributed by atoms with Crippen LogP contribution < -0.4 is 5.73 Å². The van der Waals surface area contributed by atoms with Crippen LogP contribution in [-0.4, -0.2) is 37.0 Å². The van der Waals surface area contributed by atoms with Crippen LogP contribution in [0.4, 0.5) is 18.0 Å². The fraction of sp³-hybridized carbons (Fsp3) is 0.385. The lowest BCUT2D eigenvalue weighted by Crippen LogP contribution is -2.36. The predicted octanol–water partition coefficient (Wildman–Crippen LogP) is 2.19. The number of nitrogens with two attached hydrogens (primary N) is 1. The van der Waals surface area contributed by atoms with E-state index in [0.717, 1.165) is 6.07 Å². The SMILES string of the molecule is COCCN1C(=O)N=C(N)C1c1ccccc1C(F)(F)F. The van der Waals surface area contributed by atoms with Crippen molar-refractivity contribution in [1.82, 2.24) is 4.90 Å². The Balaban J connectivity index is 2.44. The number of carbonyl (C=O) groups excluding carboxylic acids is 1. The molecule has 2 amide bonds. The number of rotatable bonds is 4. The molecule has 1 aliphatic heterocycles. The molecule has 0 aromatic heterocycles. The highest BCUT2D eigenvalue weighted by Crippen LogP contribution is 2.37. The molecule has 2 N–H and O–H groups in total. The van der Waals surface area contributed by atoms with Crippen molar-refractivity contribution in [1.29, 1.82) is 0 Å². The van der Waals surface area contributed by atoms with Crippen LogP contribution >= 0.6 is 0 Å². The fourth-order valence-corrected chi connectivity index (χ4v) is 2.24. The second-order valence-corrected chi connectivity index (χ2v) is 4.49. The first-order valence-corrected chi connectivity index (χ1v) is 6.16. The van der Waals surface area contributed by atoms with E-state index in [1.165, 1.54) is 30.2 Å². The Bertz CT molecular complexity index is 572. The van der Waals surface area contributed by atoms with Gasteiger partial charge in [-0.1, -0.05) is 18.2 Å². The lowest BCUT2D eigenvalue weighted by Gasteiger charge is -2.26. The smallest absolute Gasteiger partial charge is 0.385 e. The quantitative estimate of drug-likeness (QED) is 0.927. The van der Waals surface area contributed by atoms with Gasteiger partial charge < -0.3 is 15.4 Å². The monoisotopic (exact) mass is 301 g/mol. The number of hydrogen-bond acceptors (Lipinski definition) is 3. The summed E-state index contributed by atoms with van der Waals surface area (Å²) in [6, 6.07) is 3.33. The van der Waals surface area contributed by atoms with E-state index in [1.807, 2.05) is 0 Å². The summed E-state index contributed by atoms with van der Waals surface area (Å²) in [5, 5.41) is 0. The summed E-state index contributed by atoms with van der Waals surface area (Å²) in [6.45, 7) is 0.287. The molecule has 1 aromatic carbocycles. The van der Waals surface area contributed by atoms with Gasteiger partial charge in [0.2, 0.25) is 0 Å². The molecule has 1 atom stereocenters. The minimum absolute atomic E-state index is 0.0896. The first kappa shape index (κ1) is 15.3. The summed E-state index contributed by atoms with van der Waals surface area (Å²) in [5.41, 5.74) is 4.74. The maximum atomic E-state index is 13.1. The predicted molar refractivity (Wildman–Crippen MR) is 69.8 cm³/mol. The van der Waals surface area contributed by atoms with Gasteiger partial charge >= 0.3 is 12.2 Å². The number of ether oxygens (including phenoxy) is 1. The summed E-state index contributed by atoms with van der Waals surface area (Å²) in [6.07, 6.45) is -4.53. The van der Waals surface area contributed by atoms with Crippen LogP contribution in [0.2, 0.25) is 0 Å². The summed E-state index contributed by atoms with van der Waals surface area (Å²) in [5.74, 6) is -0.146. The Hall–Kier alpha value is -2.09. The minimum Gasteiger partial charge on any atom is -0.385 e. The van der Waals surface area contributed by atoms with Gasteiger partial charge in [-0.15, -0.1) is 0 Å². The highest BCUT2D eigenvalue weighted by molar-refractivity contribution is 6.03. The number of aliphatic imine (C=N–C) groups is 1. The third-order valence-electron chi connectivity index (χ3n) is 3.16. The molecule has 0 radical (unpaired) electrons. The molecular weight excluding hydrogens is 287 g/mol. The molecular formula is C13H14F3N3O2. The minimum atomic E-state index is -4.53. The fourth-order valence-electron chi connectivity index (χ4n) is 2.24. The van der Waals surface area contributed by atoms with Crippen molar-refractivity contribution in [3.63, 3.8) is 0 Å². The van der Waals surface area contributed by atoms with E-state index < -0.39 is 23.8 Å². The molecule has 8 heteroatoms. The van der Waals surface area contributed by atoms with E-state index in [1.54, 1.807) is 0 Å². The Kier molecular flexibility index (Phi) is 4.17. The standard InChI is InChI=1S/C13H14F3N3O2/c1-21-7-6-19-10(11(17)18-12(19)20)8-4-2-3-5-9(8)13(14,15)16/h2-5,10H,6-7H2,1H3,(H2,17,18,20). The number of benzene rings is 1. The zero-order chi connectivity index (χ0) is 15.6. The molecule has 21 heavy (non-hydrogen) atoms. The lowest BCUT2D eigenvalue weighted by atomic mass is 9.98. The summed E-state index contributed by atoms with van der Waals surface area (Å²) >= 11 is 0. The summed E-state index contributed by atoms with van der Waals surface area (Å²) in [7, 11) is 1.43. The number of methoxy groups -OCH3 is 1. The number of halogens is 3. The Morgan fingerprint density at radius 1 is 1.38 bits per heavy atom. The second kappa shape index (κ2) is 5.72. The van der Waals surface area contributed by atoms with Gasteiger partial charge in [0.1, 0.15) is 11.9 Å². The van der Waals surface area contributed by atoms with E-state index in [4.69, 9.17) is 10.5 Å². The van der Waals surface area contributed by atoms with E-state index >= 15 is 0 Å². The summed E-state index contributed by atoms with van der Waals surface area (Å²) in [4.78, 5) is 16.5. The maximum absolute atomic E-state index is 13.1. The first-order chi connectivity index (χ1) is 9.86. The number of amidine groups is 1. The number of nitrogens with zero attached hydrogens (tertiary/aromatic N) is 2. The lowest BCUT2D eigenvalue weighted by molar-refractivity contribution is -0.138. The molecule has 0 aliphatic carbocycles. The number of amides is 2. The zero-order valence-corrected chi connectivity index (χ0v) is 11.2. The molecule has 0 fully saturated rings. The maximum Gasteiger partial charge on any atom is 0.416 e. The highest BCUT2D eigenvalue weighted by atomic mass is 19.4. The van der Waals surface area contributed by atoms with Crippen LogP contribution in [-0.2, 0) is 10.9 Å². The molecule has 0 spiro atoms. The average molecular weight is 301 g/mol. The molecule has 1 unspecified atom stereocenters. The molecule has 1 heterocycles. The van der Waals surface area contributed by atoms with Crippen LogP contribution in [0.5, 0.6) is 0 Å². The van der Waals surface area contributed by atoms with Crippen molar-refractivity contribution in [2.45, 2.75) is 12.2 Å². The van der Waals surface area contributed by atoms with Crippen molar-refractivity contribution in [3.8, 4) is 0 Å². The van der Waals surface area contributed by atoms with Crippen molar-refractivity contribution < 1.29 is 22.7 Å². The van der Waals surface area contributed by atoms with Crippen molar-refractivity contribution in [2.24, 2.45) is 10.7 Å². The second-order valence-electron chi connectivity index (χ2n) is 4.49. The number of urea groups is 1. The van der Waals surface area contributed by atoms with E-state index in [-0.39, 0.29) is 24.6 Å². The third-order valence-corrected chi connectivity index (χ3v) is 3.16. The van der Waals surface area contributed by atoms with Crippen LogP contribution in [0.1, 0.15) is 17.2 Å². The Morgan fingerprint density at radius 3 is 2.67 bits per heavy atom. The van der Waals surface area contributed by atoms with Crippen molar-refractivity contribution >= 4 is 11.9 Å². The molecule has 5 nitrogen and oxygen atoms in total. The third kappa shape index (κ3) is 2.99.